The number of benzene rings is 1. The fraction of sp³-hybridized carbons (Fsp3) is 0.222. The number of urea groups is 1. The molecule has 1 rings (SSSR count). The monoisotopic (exact) mass is 264 g/mol. The topological polar surface area (TPSA) is 32.3 Å². The van der Waals surface area contributed by atoms with Crippen LogP contribution in [0.5, 0.6) is 0 Å². The standard InChI is InChI=1S/C9H10Cl2N2OS/c1-13(15-2)9(14)12-6-3-4-7(10)8(11)5-6/h3-5H,1-2H3,(H,12,14). The SMILES string of the molecule is CSN(C)C(=O)Nc1ccc(Cl)c(Cl)c1. The molecule has 0 saturated carbocycles. The lowest BCUT2D eigenvalue weighted by atomic mass is 10.3. The summed E-state index contributed by atoms with van der Waals surface area (Å²) in [5, 5.41) is 3.57. The Bertz CT molecular complexity index is 373. The number of nitrogens with one attached hydrogen (secondary N) is 1. The number of carbonyl (C=O) groups is 1. The fourth-order valence-electron chi connectivity index (χ4n) is 0.859. The van der Waals surface area contributed by atoms with Crippen LogP contribution in [0.3, 0.4) is 0 Å². The van der Waals surface area contributed by atoms with Crippen LogP contribution in [0.25, 0.3) is 0 Å². The van der Waals surface area contributed by atoms with Crippen LogP contribution in [0.4, 0.5) is 10.5 Å². The molecule has 2 amide bonds. The maximum absolute atomic E-state index is 11.5. The van der Waals surface area contributed by atoms with Gasteiger partial charge in [0.25, 0.3) is 0 Å². The summed E-state index contributed by atoms with van der Waals surface area (Å²) in [5.74, 6) is 0. The molecular formula is C9H10Cl2N2OS. The van der Waals surface area contributed by atoms with Crippen LogP contribution in [-0.4, -0.2) is 23.6 Å². The minimum absolute atomic E-state index is 0.208. The van der Waals surface area contributed by atoms with Crippen molar-refractivity contribution in [3.63, 3.8) is 0 Å². The van der Waals surface area contributed by atoms with E-state index < -0.39 is 0 Å². The second-order valence-corrected chi connectivity index (χ2v) is 4.47. The van der Waals surface area contributed by atoms with Crippen molar-refractivity contribution in [2.45, 2.75) is 0 Å². The van der Waals surface area contributed by atoms with E-state index in [1.807, 2.05) is 6.26 Å². The quantitative estimate of drug-likeness (QED) is 0.826. The Morgan fingerprint density at radius 2 is 2.07 bits per heavy atom. The van der Waals surface area contributed by atoms with Gasteiger partial charge in [0, 0.05) is 19.0 Å². The third kappa shape index (κ3) is 3.48. The van der Waals surface area contributed by atoms with E-state index in [2.05, 4.69) is 5.32 Å². The number of amides is 2. The van der Waals surface area contributed by atoms with E-state index in [4.69, 9.17) is 23.2 Å². The lowest BCUT2D eigenvalue weighted by Crippen LogP contribution is -2.25. The molecule has 0 unspecified atom stereocenters. The summed E-state index contributed by atoms with van der Waals surface area (Å²) in [6, 6.07) is 4.73. The highest BCUT2D eigenvalue weighted by Gasteiger charge is 2.08. The molecule has 0 aliphatic carbocycles. The minimum atomic E-state index is -0.208. The first-order chi connectivity index (χ1) is 7.04. The van der Waals surface area contributed by atoms with E-state index in [-0.39, 0.29) is 6.03 Å². The summed E-state index contributed by atoms with van der Waals surface area (Å²) in [7, 11) is 1.68. The summed E-state index contributed by atoms with van der Waals surface area (Å²) >= 11 is 12.9. The van der Waals surface area contributed by atoms with E-state index in [9.17, 15) is 4.79 Å². The molecule has 0 spiro atoms. The Morgan fingerprint density at radius 3 is 2.60 bits per heavy atom. The molecule has 82 valence electrons. The average molecular weight is 265 g/mol. The molecule has 1 aromatic rings. The number of hydrogen-bond acceptors (Lipinski definition) is 2. The first-order valence-electron chi connectivity index (χ1n) is 4.08. The summed E-state index contributed by atoms with van der Waals surface area (Å²) in [6.07, 6.45) is 1.81. The summed E-state index contributed by atoms with van der Waals surface area (Å²) in [6.45, 7) is 0. The maximum Gasteiger partial charge on any atom is 0.331 e. The van der Waals surface area contributed by atoms with Gasteiger partial charge in [0.2, 0.25) is 0 Å². The third-order valence-electron chi connectivity index (χ3n) is 1.73. The van der Waals surface area contributed by atoms with Crippen molar-refractivity contribution < 1.29 is 4.79 Å². The molecule has 0 heterocycles. The Labute approximate surface area is 103 Å². The van der Waals surface area contributed by atoms with Crippen molar-refractivity contribution in [3.05, 3.63) is 28.2 Å². The van der Waals surface area contributed by atoms with Crippen molar-refractivity contribution in [2.24, 2.45) is 0 Å². The zero-order valence-electron chi connectivity index (χ0n) is 8.25. The Balaban J connectivity index is 2.73. The number of hydrogen-bond donors (Lipinski definition) is 1. The van der Waals surface area contributed by atoms with Gasteiger partial charge in [-0.05, 0) is 30.1 Å². The normalized spacial score (nSPS) is 9.87. The van der Waals surface area contributed by atoms with Gasteiger partial charge < -0.3 is 5.32 Å². The Morgan fingerprint density at radius 1 is 1.40 bits per heavy atom. The van der Waals surface area contributed by atoms with Crippen LogP contribution in [0.2, 0.25) is 10.0 Å². The van der Waals surface area contributed by atoms with Crippen molar-refractivity contribution >= 4 is 46.9 Å². The first-order valence-corrected chi connectivity index (χ1v) is 6.02. The predicted molar refractivity (Wildman–Crippen MR) is 66.8 cm³/mol. The number of nitrogens with zero attached hydrogens (tertiary/aromatic N) is 1. The maximum atomic E-state index is 11.5. The molecule has 0 radical (unpaired) electrons. The number of halogens is 2. The van der Waals surface area contributed by atoms with Crippen molar-refractivity contribution in [2.75, 3.05) is 18.6 Å². The number of anilines is 1. The zero-order valence-corrected chi connectivity index (χ0v) is 10.6. The first kappa shape index (κ1) is 12.5. The molecule has 6 heteroatoms. The van der Waals surface area contributed by atoms with Gasteiger partial charge in [-0.1, -0.05) is 23.2 Å². The molecule has 0 aliphatic heterocycles. The molecule has 0 bridgehead atoms. The molecule has 0 aromatic heterocycles. The predicted octanol–water partition coefficient (Wildman–Crippen LogP) is 3.74. The van der Waals surface area contributed by atoms with Gasteiger partial charge in [-0.15, -0.1) is 0 Å². The van der Waals surface area contributed by atoms with Crippen LogP contribution >= 0.6 is 35.1 Å². The molecule has 0 aliphatic rings. The molecule has 0 atom stereocenters. The molecule has 15 heavy (non-hydrogen) atoms. The molecule has 0 saturated heterocycles. The minimum Gasteiger partial charge on any atom is -0.307 e. The van der Waals surface area contributed by atoms with Gasteiger partial charge in [-0.3, -0.25) is 4.31 Å². The van der Waals surface area contributed by atoms with E-state index in [0.717, 1.165) is 0 Å². The van der Waals surface area contributed by atoms with Crippen LogP contribution in [0.15, 0.2) is 18.2 Å². The Kier molecular flexibility index (Phi) is 4.57. The summed E-state index contributed by atoms with van der Waals surface area (Å²) in [5.41, 5.74) is 0.621. The lowest BCUT2D eigenvalue weighted by molar-refractivity contribution is 0.243. The second kappa shape index (κ2) is 5.49. The van der Waals surface area contributed by atoms with Gasteiger partial charge in [-0.25, -0.2) is 4.79 Å². The highest BCUT2D eigenvalue weighted by atomic mass is 35.5. The van der Waals surface area contributed by atoms with Crippen LogP contribution in [0, 0.1) is 0 Å². The van der Waals surface area contributed by atoms with Crippen molar-refractivity contribution in [1.82, 2.24) is 4.31 Å². The highest BCUT2D eigenvalue weighted by molar-refractivity contribution is 7.96. The number of rotatable bonds is 2. The van der Waals surface area contributed by atoms with Crippen molar-refractivity contribution in [3.8, 4) is 0 Å². The van der Waals surface area contributed by atoms with Gasteiger partial charge in [0.15, 0.2) is 0 Å². The molecule has 3 nitrogen and oxygen atoms in total. The lowest BCUT2D eigenvalue weighted by Gasteiger charge is -2.14. The van der Waals surface area contributed by atoms with Gasteiger partial charge in [0.05, 0.1) is 10.0 Å². The molecule has 1 aromatic carbocycles. The second-order valence-electron chi connectivity index (χ2n) is 2.74. The van der Waals surface area contributed by atoms with Gasteiger partial charge >= 0.3 is 6.03 Å². The molecular weight excluding hydrogens is 255 g/mol. The Hall–Kier alpha value is -0.580. The zero-order chi connectivity index (χ0) is 11.4. The number of carbonyl (C=O) groups excluding carboxylic acids is 1. The fourth-order valence-corrected chi connectivity index (χ4v) is 1.37. The van der Waals surface area contributed by atoms with E-state index in [1.54, 1.807) is 25.2 Å². The summed E-state index contributed by atoms with van der Waals surface area (Å²) in [4.78, 5) is 11.5. The average Bonchev–Trinajstić information content (AvgIpc) is 2.22. The third-order valence-corrected chi connectivity index (χ3v) is 3.18. The van der Waals surface area contributed by atoms with Gasteiger partial charge in [0.1, 0.15) is 0 Å². The van der Waals surface area contributed by atoms with E-state index in [0.29, 0.717) is 15.7 Å². The molecule has 0 fully saturated rings. The largest absolute Gasteiger partial charge is 0.331 e. The van der Waals surface area contributed by atoms with Crippen molar-refractivity contribution in [1.29, 1.82) is 0 Å². The van der Waals surface area contributed by atoms with Crippen LogP contribution in [-0.2, 0) is 0 Å². The van der Waals surface area contributed by atoms with E-state index >= 15 is 0 Å². The van der Waals surface area contributed by atoms with E-state index in [1.165, 1.54) is 16.3 Å². The van der Waals surface area contributed by atoms with Crippen LogP contribution < -0.4 is 5.32 Å². The van der Waals surface area contributed by atoms with Crippen LogP contribution in [0.1, 0.15) is 0 Å². The smallest absolute Gasteiger partial charge is 0.307 e. The molecule has 1 N–H and O–H groups in total. The van der Waals surface area contributed by atoms with Gasteiger partial charge in [-0.2, -0.15) is 0 Å². The summed E-state index contributed by atoms with van der Waals surface area (Å²) < 4.78 is 1.47. The highest BCUT2D eigenvalue weighted by Crippen LogP contribution is 2.25.